The monoisotopic (exact) mass is 314 g/mol. The molecule has 0 radical (unpaired) electrons. The molecule has 0 amide bonds. The first-order valence-electron chi connectivity index (χ1n) is 6.12. The summed E-state index contributed by atoms with van der Waals surface area (Å²) in [6.07, 6.45) is 1.19. The van der Waals surface area contributed by atoms with Crippen LogP contribution in [0.4, 0.5) is 14.6 Å². The molecule has 4 nitrogen and oxygen atoms in total. The van der Waals surface area contributed by atoms with Gasteiger partial charge in [-0.1, -0.05) is 23.7 Å². The van der Waals surface area contributed by atoms with E-state index in [4.69, 9.17) is 11.6 Å². The van der Waals surface area contributed by atoms with Crippen molar-refractivity contribution in [3.05, 3.63) is 53.2 Å². The molecule has 1 atom stereocenters. The molecule has 1 aromatic heterocycles. The molecule has 7 heteroatoms. The second kappa shape index (κ2) is 7.19. The topological polar surface area (TPSA) is 54.4 Å². The molecular formula is C14H13ClF2N2O2. The average molecular weight is 315 g/mol. The van der Waals surface area contributed by atoms with Crippen LogP contribution in [-0.2, 0) is 0 Å². The number of aliphatic hydroxyl groups excluding tert-OH is 1. The zero-order chi connectivity index (χ0) is 15.2. The van der Waals surface area contributed by atoms with Crippen LogP contribution < -0.4 is 10.1 Å². The van der Waals surface area contributed by atoms with Crippen molar-refractivity contribution < 1.29 is 18.6 Å². The highest BCUT2D eigenvalue weighted by Gasteiger charge is 2.11. The van der Waals surface area contributed by atoms with Crippen molar-refractivity contribution in [2.75, 3.05) is 11.9 Å². The molecule has 0 fully saturated rings. The van der Waals surface area contributed by atoms with Gasteiger partial charge < -0.3 is 15.2 Å². The summed E-state index contributed by atoms with van der Waals surface area (Å²) in [6.45, 7) is -3.04. The number of nitrogens with one attached hydrogen (secondary N) is 1. The molecule has 112 valence electrons. The number of rotatable bonds is 6. The van der Waals surface area contributed by atoms with Gasteiger partial charge in [-0.3, -0.25) is 0 Å². The van der Waals surface area contributed by atoms with E-state index in [1.165, 1.54) is 18.3 Å². The van der Waals surface area contributed by atoms with Crippen molar-refractivity contribution in [2.24, 2.45) is 0 Å². The molecular weight excluding hydrogens is 302 g/mol. The molecule has 0 saturated carbocycles. The number of hydrogen-bond acceptors (Lipinski definition) is 4. The van der Waals surface area contributed by atoms with Gasteiger partial charge in [0.25, 0.3) is 0 Å². The Morgan fingerprint density at radius 3 is 2.43 bits per heavy atom. The highest BCUT2D eigenvalue weighted by atomic mass is 35.5. The minimum Gasteiger partial charge on any atom is -0.433 e. The number of aromatic nitrogens is 1. The number of alkyl halides is 2. The van der Waals surface area contributed by atoms with Gasteiger partial charge in [0.15, 0.2) is 0 Å². The Balaban J connectivity index is 2.06. The largest absolute Gasteiger partial charge is 0.433 e. The number of nitrogens with zero attached hydrogens (tertiary/aromatic N) is 1. The predicted octanol–water partition coefficient (Wildman–Crippen LogP) is 3.48. The summed E-state index contributed by atoms with van der Waals surface area (Å²) in [5, 5.41) is 13.0. The maximum atomic E-state index is 12.0. The Labute approximate surface area is 125 Å². The lowest BCUT2D eigenvalue weighted by atomic mass is 10.1. The van der Waals surface area contributed by atoms with Crippen LogP contribution in [0.3, 0.4) is 0 Å². The molecule has 0 bridgehead atoms. The quantitative estimate of drug-likeness (QED) is 0.857. The Kier molecular flexibility index (Phi) is 5.30. The molecule has 2 aromatic rings. The van der Waals surface area contributed by atoms with Gasteiger partial charge in [0.05, 0.1) is 18.8 Å². The van der Waals surface area contributed by atoms with Gasteiger partial charge >= 0.3 is 6.61 Å². The van der Waals surface area contributed by atoms with E-state index in [2.05, 4.69) is 15.0 Å². The summed E-state index contributed by atoms with van der Waals surface area (Å²) >= 11 is 5.81. The summed E-state index contributed by atoms with van der Waals surface area (Å²) in [5.41, 5.74) is 0.830. The summed E-state index contributed by atoms with van der Waals surface area (Å²) in [4.78, 5) is 3.96. The van der Waals surface area contributed by atoms with Gasteiger partial charge in [-0.2, -0.15) is 8.78 Å². The predicted molar refractivity (Wildman–Crippen MR) is 75.8 cm³/mol. The van der Waals surface area contributed by atoms with Crippen molar-refractivity contribution in [1.29, 1.82) is 0 Å². The third kappa shape index (κ3) is 4.54. The minimum absolute atomic E-state index is 0.0254. The highest BCUT2D eigenvalue weighted by Crippen LogP contribution is 2.21. The number of anilines is 1. The van der Waals surface area contributed by atoms with Gasteiger partial charge in [-0.25, -0.2) is 4.98 Å². The third-order valence-corrected chi connectivity index (χ3v) is 2.99. The Morgan fingerprint density at radius 2 is 1.90 bits per heavy atom. The van der Waals surface area contributed by atoms with E-state index in [1.54, 1.807) is 24.3 Å². The smallest absolute Gasteiger partial charge is 0.387 e. The standard InChI is InChI=1S/C14H13ClF2N2O2/c15-10-3-1-9(2-4-10)12(8-20)19-13-6-5-11(7-18-13)21-14(16)17/h1-7,12,14,20H,8H2,(H,18,19). The second-order valence-electron chi connectivity index (χ2n) is 4.19. The van der Waals surface area contributed by atoms with E-state index in [9.17, 15) is 13.9 Å². The first-order chi connectivity index (χ1) is 10.1. The number of hydrogen-bond donors (Lipinski definition) is 2. The van der Waals surface area contributed by atoms with Crippen molar-refractivity contribution >= 4 is 17.4 Å². The fourth-order valence-electron chi connectivity index (χ4n) is 1.75. The van der Waals surface area contributed by atoms with Crippen LogP contribution in [0, 0.1) is 0 Å². The molecule has 2 N–H and O–H groups in total. The van der Waals surface area contributed by atoms with Crippen LogP contribution in [0.2, 0.25) is 5.02 Å². The summed E-state index contributed by atoms with van der Waals surface area (Å²) in [6, 6.07) is 9.49. The van der Waals surface area contributed by atoms with Crippen molar-refractivity contribution in [2.45, 2.75) is 12.7 Å². The molecule has 0 saturated heterocycles. The Morgan fingerprint density at radius 1 is 1.19 bits per heavy atom. The average Bonchev–Trinajstić information content (AvgIpc) is 2.47. The summed E-state index contributed by atoms with van der Waals surface area (Å²) in [5.74, 6) is 0.410. The molecule has 1 heterocycles. The number of aliphatic hydroxyl groups is 1. The van der Waals surface area contributed by atoms with Gasteiger partial charge in [-0.15, -0.1) is 0 Å². The van der Waals surface area contributed by atoms with Crippen molar-refractivity contribution in [3.8, 4) is 5.75 Å². The molecule has 21 heavy (non-hydrogen) atoms. The zero-order valence-corrected chi connectivity index (χ0v) is 11.6. The molecule has 1 aromatic carbocycles. The van der Waals surface area contributed by atoms with Crippen LogP contribution in [0.1, 0.15) is 11.6 Å². The van der Waals surface area contributed by atoms with Crippen LogP contribution >= 0.6 is 11.6 Å². The van der Waals surface area contributed by atoms with Gasteiger partial charge in [0.1, 0.15) is 11.6 Å². The fraction of sp³-hybridized carbons (Fsp3) is 0.214. The van der Waals surface area contributed by atoms with E-state index >= 15 is 0 Å². The molecule has 0 spiro atoms. The molecule has 0 aliphatic rings. The lowest BCUT2D eigenvalue weighted by Gasteiger charge is -2.17. The first kappa shape index (κ1) is 15.5. The van der Waals surface area contributed by atoms with E-state index in [0.717, 1.165) is 5.56 Å². The highest BCUT2D eigenvalue weighted by molar-refractivity contribution is 6.30. The van der Waals surface area contributed by atoms with Crippen LogP contribution in [0.15, 0.2) is 42.6 Å². The van der Waals surface area contributed by atoms with Crippen molar-refractivity contribution in [1.82, 2.24) is 4.98 Å². The molecule has 0 aliphatic carbocycles. The number of pyridine rings is 1. The van der Waals surface area contributed by atoms with E-state index in [0.29, 0.717) is 10.8 Å². The maximum Gasteiger partial charge on any atom is 0.387 e. The Bertz CT molecular complexity index is 564. The molecule has 0 aliphatic heterocycles. The summed E-state index contributed by atoms with van der Waals surface area (Å²) in [7, 11) is 0. The fourth-order valence-corrected chi connectivity index (χ4v) is 1.87. The SMILES string of the molecule is OCC(Nc1ccc(OC(F)F)cn1)c1ccc(Cl)cc1. The van der Waals surface area contributed by atoms with Crippen molar-refractivity contribution in [3.63, 3.8) is 0 Å². The minimum atomic E-state index is -2.88. The molecule has 2 rings (SSSR count). The Hall–Kier alpha value is -1.92. The second-order valence-corrected chi connectivity index (χ2v) is 4.63. The zero-order valence-electron chi connectivity index (χ0n) is 10.8. The van der Waals surface area contributed by atoms with Gasteiger partial charge in [-0.05, 0) is 29.8 Å². The number of ether oxygens (including phenoxy) is 1. The summed E-state index contributed by atoms with van der Waals surface area (Å²) < 4.78 is 28.3. The van der Waals surface area contributed by atoms with Crippen LogP contribution in [0.25, 0.3) is 0 Å². The third-order valence-electron chi connectivity index (χ3n) is 2.74. The van der Waals surface area contributed by atoms with Crippen LogP contribution in [0.5, 0.6) is 5.75 Å². The lowest BCUT2D eigenvalue weighted by Crippen LogP contribution is -2.15. The van der Waals surface area contributed by atoms with E-state index in [-0.39, 0.29) is 18.4 Å². The van der Waals surface area contributed by atoms with Gasteiger partial charge in [0, 0.05) is 5.02 Å². The van der Waals surface area contributed by atoms with E-state index < -0.39 is 6.61 Å². The number of benzene rings is 1. The normalized spacial score (nSPS) is 12.2. The van der Waals surface area contributed by atoms with Gasteiger partial charge in [0.2, 0.25) is 0 Å². The van der Waals surface area contributed by atoms with E-state index in [1.807, 2.05) is 0 Å². The number of halogens is 3. The maximum absolute atomic E-state index is 12.0. The first-order valence-corrected chi connectivity index (χ1v) is 6.50. The molecule has 1 unspecified atom stereocenters. The van der Waals surface area contributed by atoms with Crippen LogP contribution in [-0.4, -0.2) is 23.3 Å². The lowest BCUT2D eigenvalue weighted by molar-refractivity contribution is -0.0500.